The van der Waals surface area contributed by atoms with Crippen LogP contribution < -0.4 is 10.1 Å². The van der Waals surface area contributed by atoms with Crippen molar-refractivity contribution in [3.8, 4) is 11.5 Å². The van der Waals surface area contributed by atoms with Gasteiger partial charge in [-0.1, -0.05) is 40.5 Å². The number of phenolic OH excluding ortho intramolecular Hbond substituents is 1. The van der Waals surface area contributed by atoms with E-state index in [0.29, 0.717) is 45.8 Å². The molecule has 2 aliphatic rings. The average Bonchev–Trinajstić information content (AvgIpc) is 3.13. The number of ether oxygens (including phenoxy) is 1. The third kappa shape index (κ3) is 3.34. The second kappa shape index (κ2) is 7.87. The Hall–Kier alpha value is -2.96. The molecule has 6 nitrogen and oxygen atoms in total. The minimum atomic E-state index is -0.389. The van der Waals surface area contributed by atoms with Gasteiger partial charge in [-0.25, -0.2) is 0 Å². The van der Waals surface area contributed by atoms with Crippen molar-refractivity contribution in [1.82, 2.24) is 5.16 Å². The number of fused-ring (bicyclic) bond motifs is 1. The second-order valence-corrected chi connectivity index (χ2v) is 8.93. The number of aromatic nitrogens is 1. The van der Waals surface area contributed by atoms with Gasteiger partial charge in [0, 0.05) is 33.7 Å². The number of methoxy groups -OCH3 is 1. The first-order valence-electron chi connectivity index (χ1n) is 10.2. The van der Waals surface area contributed by atoms with Crippen LogP contribution in [0.15, 0.2) is 52.2 Å². The number of carbonyl (C=O) groups excluding carboxylic acids is 1. The van der Waals surface area contributed by atoms with Gasteiger partial charge in [-0.2, -0.15) is 0 Å². The zero-order valence-corrected chi connectivity index (χ0v) is 18.9. The molecule has 2 N–H and O–H groups in total. The van der Waals surface area contributed by atoms with Gasteiger partial charge in [0.25, 0.3) is 0 Å². The van der Waals surface area contributed by atoms with Gasteiger partial charge in [-0.3, -0.25) is 4.79 Å². The van der Waals surface area contributed by atoms with Crippen LogP contribution in [0, 0.1) is 6.92 Å². The first kappa shape index (κ1) is 20.9. The summed E-state index contributed by atoms with van der Waals surface area (Å²) in [4.78, 5) is 13.5. The monoisotopic (exact) mass is 470 g/mol. The van der Waals surface area contributed by atoms with Crippen molar-refractivity contribution in [3.63, 3.8) is 0 Å². The van der Waals surface area contributed by atoms with Crippen LogP contribution in [-0.4, -0.2) is 23.2 Å². The molecule has 2 aromatic carbocycles. The van der Waals surface area contributed by atoms with E-state index in [9.17, 15) is 9.90 Å². The molecule has 0 unspecified atom stereocenters. The van der Waals surface area contributed by atoms with Crippen LogP contribution in [0.25, 0.3) is 0 Å². The summed E-state index contributed by atoms with van der Waals surface area (Å²) in [7, 11) is 1.50. The van der Waals surface area contributed by atoms with Crippen molar-refractivity contribution in [1.29, 1.82) is 0 Å². The molecular formula is C24H20Cl2N2O4. The Labute approximate surface area is 194 Å². The topological polar surface area (TPSA) is 84.6 Å². The Morgan fingerprint density at radius 2 is 2.00 bits per heavy atom. The first-order chi connectivity index (χ1) is 15.4. The Balaban J connectivity index is 1.61. The normalized spacial score (nSPS) is 19.9. The number of hydrogen-bond donors (Lipinski definition) is 2. The molecule has 1 aromatic heterocycles. The molecule has 0 bridgehead atoms. The molecule has 1 aliphatic heterocycles. The third-order valence-electron chi connectivity index (χ3n) is 6.21. The van der Waals surface area contributed by atoms with Crippen molar-refractivity contribution in [2.24, 2.45) is 0 Å². The summed E-state index contributed by atoms with van der Waals surface area (Å²) in [6, 6.07) is 10.5. The highest BCUT2D eigenvalue weighted by Gasteiger charge is 2.41. The quantitative estimate of drug-likeness (QED) is 0.490. The summed E-state index contributed by atoms with van der Waals surface area (Å²) in [6.07, 6.45) is 0.922. The largest absolute Gasteiger partial charge is 0.504 e. The van der Waals surface area contributed by atoms with Crippen molar-refractivity contribution < 1.29 is 19.2 Å². The van der Waals surface area contributed by atoms with E-state index in [0.717, 1.165) is 22.4 Å². The second-order valence-electron chi connectivity index (χ2n) is 8.09. The number of ketones is 1. The number of rotatable bonds is 3. The van der Waals surface area contributed by atoms with E-state index >= 15 is 0 Å². The van der Waals surface area contributed by atoms with Crippen molar-refractivity contribution in [2.45, 2.75) is 31.6 Å². The highest BCUT2D eigenvalue weighted by atomic mass is 35.5. The molecule has 32 heavy (non-hydrogen) atoms. The van der Waals surface area contributed by atoms with Crippen LogP contribution in [0.4, 0.5) is 5.88 Å². The summed E-state index contributed by atoms with van der Waals surface area (Å²) >= 11 is 12.7. The molecule has 3 aromatic rings. The van der Waals surface area contributed by atoms with E-state index in [4.69, 9.17) is 32.5 Å². The van der Waals surface area contributed by atoms with Crippen molar-refractivity contribution in [3.05, 3.63) is 80.1 Å². The molecule has 0 fully saturated rings. The lowest BCUT2D eigenvalue weighted by Crippen LogP contribution is -2.29. The molecule has 2 heterocycles. The van der Waals surface area contributed by atoms with E-state index in [2.05, 4.69) is 10.5 Å². The Bertz CT molecular complexity index is 1280. The van der Waals surface area contributed by atoms with E-state index in [-0.39, 0.29) is 23.4 Å². The summed E-state index contributed by atoms with van der Waals surface area (Å²) in [6.45, 7) is 1.85. The van der Waals surface area contributed by atoms with Gasteiger partial charge in [-0.05, 0) is 54.7 Å². The van der Waals surface area contributed by atoms with Crippen molar-refractivity contribution in [2.75, 3.05) is 12.4 Å². The lowest BCUT2D eigenvalue weighted by molar-refractivity contribution is -0.116. The maximum Gasteiger partial charge on any atom is 0.233 e. The van der Waals surface area contributed by atoms with E-state index in [1.54, 1.807) is 24.3 Å². The summed E-state index contributed by atoms with van der Waals surface area (Å²) in [5.74, 6) is 0.529. The Morgan fingerprint density at radius 3 is 2.75 bits per heavy atom. The van der Waals surface area contributed by atoms with Crippen LogP contribution in [0.1, 0.15) is 47.1 Å². The van der Waals surface area contributed by atoms with Gasteiger partial charge < -0.3 is 19.7 Å². The van der Waals surface area contributed by atoms with Crippen LogP contribution in [0.3, 0.4) is 0 Å². The lowest BCUT2D eigenvalue weighted by Gasteiger charge is -2.34. The van der Waals surface area contributed by atoms with Crippen LogP contribution in [0.5, 0.6) is 11.5 Å². The van der Waals surface area contributed by atoms with Gasteiger partial charge in [-0.15, -0.1) is 0 Å². The van der Waals surface area contributed by atoms with Gasteiger partial charge in [0.2, 0.25) is 5.88 Å². The molecular weight excluding hydrogens is 451 g/mol. The number of halogens is 2. The fourth-order valence-electron chi connectivity index (χ4n) is 4.70. The lowest BCUT2D eigenvalue weighted by atomic mass is 9.72. The number of aromatic hydroxyl groups is 1. The highest BCUT2D eigenvalue weighted by Crippen LogP contribution is 2.50. The zero-order chi connectivity index (χ0) is 22.6. The van der Waals surface area contributed by atoms with Gasteiger partial charge in [0.05, 0.1) is 18.4 Å². The number of anilines is 1. The maximum atomic E-state index is 13.5. The summed E-state index contributed by atoms with van der Waals surface area (Å²) in [5.41, 5.74) is 4.69. The fourth-order valence-corrected chi connectivity index (χ4v) is 5.22. The van der Waals surface area contributed by atoms with Crippen LogP contribution in [-0.2, 0) is 4.79 Å². The molecule has 0 radical (unpaired) electrons. The summed E-state index contributed by atoms with van der Waals surface area (Å²) < 4.78 is 10.8. The molecule has 2 atom stereocenters. The molecule has 1 aliphatic carbocycles. The van der Waals surface area contributed by atoms with Crippen molar-refractivity contribution >= 4 is 34.9 Å². The van der Waals surface area contributed by atoms with Gasteiger partial charge in [0.1, 0.15) is 0 Å². The minimum absolute atomic E-state index is 0.0260. The predicted molar refractivity (Wildman–Crippen MR) is 122 cm³/mol. The fraction of sp³-hybridized carbons (Fsp3) is 0.250. The number of phenols is 1. The number of carbonyl (C=O) groups is 1. The van der Waals surface area contributed by atoms with E-state index in [1.807, 2.05) is 19.1 Å². The van der Waals surface area contributed by atoms with E-state index < -0.39 is 0 Å². The molecule has 0 spiro atoms. The molecule has 8 heteroatoms. The minimum Gasteiger partial charge on any atom is -0.504 e. The number of nitrogens with one attached hydrogen (secondary N) is 1. The first-order valence-corrected chi connectivity index (χ1v) is 10.9. The zero-order valence-electron chi connectivity index (χ0n) is 17.4. The van der Waals surface area contributed by atoms with Crippen LogP contribution in [0.2, 0.25) is 10.0 Å². The average molecular weight is 471 g/mol. The number of benzene rings is 2. The molecule has 0 amide bonds. The molecule has 5 rings (SSSR count). The predicted octanol–water partition coefficient (Wildman–Crippen LogP) is 5.96. The SMILES string of the molecule is COc1cc([C@@H]2CC(=O)C3=C(C2)Nc2onc(C)c2[C@H]3c2ccc(Cl)cc2Cl)ccc1O. The Kier molecular flexibility index (Phi) is 5.14. The highest BCUT2D eigenvalue weighted by molar-refractivity contribution is 6.35. The van der Waals surface area contributed by atoms with Gasteiger partial charge in [0.15, 0.2) is 17.3 Å². The third-order valence-corrected chi connectivity index (χ3v) is 6.77. The summed E-state index contributed by atoms with van der Waals surface area (Å²) in [5, 5.41) is 18.4. The van der Waals surface area contributed by atoms with E-state index in [1.165, 1.54) is 7.11 Å². The number of hydrogen-bond acceptors (Lipinski definition) is 6. The Morgan fingerprint density at radius 1 is 1.19 bits per heavy atom. The molecule has 164 valence electrons. The number of aryl methyl sites for hydroxylation is 1. The molecule has 0 saturated heterocycles. The van der Waals surface area contributed by atoms with Gasteiger partial charge >= 0.3 is 0 Å². The standard InChI is InChI=1S/C24H20Cl2N2O4/c1-11-21-22(15-5-4-14(25)10-16(15)26)23-17(27-24(21)32-28-11)7-13(8-19(23)30)12-3-6-18(29)20(9-12)31-2/h3-6,9-10,13,22,27,29H,7-8H2,1-2H3/t13-,22+/m0/s1. The number of Topliss-reactive ketones (excluding diaryl/α,β-unsaturated/α-hetero) is 1. The van der Waals surface area contributed by atoms with Crippen LogP contribution >= 0.6 is 23.2 Å². The smallest absolute Gasteiger partial charge is 0.233 e. The molecule has 0 saturated carbocycles. The number of allylic oxidation sites excluding steroid dienone is 2. The maximum absolute atomic E-state index is 13.5. The number of nitrogens with zero attached hydrogens (tertiary/aromatic N) is 1.